The SMILES string of the molecule is O=C(CN1c2ccccc2-c2ccccc2S1(=O)=O)Nc1cccc(F)c1. The van der Waals surface area contributed by atoms with Gasteiger partial charge in [0.1, 0.15) is 12.4 Å². The lowest BCUT2D eigenvalue weighted by atomic mass is 10.0. The summed E-state index contributed by atoms with van der Waals surface area (Å²) in [6, 6.07) is 19.2. The van der Waals surface area contributed by atoms with Gasteiger partial charge in [0.05, 0.1) is 10.6 Å². The van der Waals surface area contributed by atoms with E-state index in [1.165, 1.54) is 30.3 Å². The second kappa shape index (κ2) is 6.51. The van der Waals surface area contributed by atoms with Crippen LogP contribution in [0.15, 0.2) is 77.7 Å². The summed E-state index contributed by atoms with van der Waals surface area (Å²) in [6.07, 6.45) is 0. The third-order valence-electron chi connectivity index (χ3n) is 4.31. The normalized spacial score (nSPS) is 14.2. The van der Waals surface area contributed by atoms with Gasteiger partial charge >= 0.3 is 0 Å². The summed E-state index contributed by atoms with van der Waals surface area (Å²) in [5.74, 6) is -1.05. The predicted molar refractivity (Wildman–Crippen MR) is 101 cm³/mol. The van der Waals surface area contributed by atoms with Crippen LogP contribution in [0.1, 0.15) is 0 Å². The molecule has 1 aliphatic rings. The lowest BCUT2D eigenvalue weighted by Crippen LogP contribution is -2.40. The molecule has 0 atom stereocenters. The molecule has 3 aromatic rings. The van der Waals surface area contributed by atoms with Gasteiger partial charge in [0, 0.05) is 16.8 Å². The van der Waals surface area contributed by atoms with Crippen molar-refractivity contribution in [2.24, 2.45) is 0 Å². The third kappa shape index (κ3) is 3.06. The number of hydrogen-bond donors (Lipinski definition) is 1. The summed E-state index contributed by atoms with van der Waals surface area (Å²) in [5.41, 5.74) is 2.05. The number of benzene rings is 3. The van der Waals surface area contributed by atoms with E-state index in [-0.39, 0.29) is 10.6 Å². The first-order chi connectivity index (χ1) is 13.0. The number of rotatable bonds is 3. The topological polar surface area (TPSA) is 66.5 Å². The molecule has 1 aliphatic heterocycles. The number of nitrogens with zero attached hydrogens (tertiary/aromatic N) is 1. The molecule has 0 spiro atoms. The van der Waals surface area contributed by atoms with Crippen molar-refractivity contribution in [1.82, 2.24) is 0 Å². The van der Waals surface area contributed by atoms with Gasteiger partial charge < -0.3 is 5.32 Å². The van der Waals surface area contributed by atoms with Gasteiger partial charge in [0.15, 0.2) is 0 Å². The lowest BCUT2D eigenvalue weighted by Gasteiger charge is -2.31. The first-order valence-electron chi connectivity index (χ1n) is 8.23. The Balaban J connectivity index is 1.71. The third-order valence-corrected chi connectivity index (χ3v) is 6.13. The molecule has 0 saturated heterocycles. The number of nitrogens with one attached hydrogen (secondary N) is 1. The largest absolute Gasteiger partial charge is 0.324 e. The summed E-state index contributed by atoms with van der Waals surface area (Å²) in [6.45, 7) is -0.413. The highest BCUT2D eigenvalue weighted by molar-refractivity contribution is 7.93. The van der Waals surface area contributed by atoms with Crippen molar-refractivity contribution in [1.29, 1.82) is 0 Å². The smallest absolute Gasteiger partial charge is 0.265 e. The van der Waals surface area contributed by atoms with E-state index >= 15 is 0 Å². The molecule has 27 heavy (non-hydrogen) atoms. The summed E-state index contributed by atoms with van der Waals surface area (Å²) < 4.78 is 40.6. The summed E-state index contributed by atoms with van der Waals surface area (Å²) >= 11 is 0. The molecule has 1 heterocycles. The molecule has 0 bridgehead atoms. The minimum atomic E-state index is -3.89. The quantitative estimate of drug-likeness (QED) is 0.752. The fraction of sp³-hybridized carbons (Fsp3) is 0.0500. The van der Waals surface area contributed by atoms with Crippen molar-refractivity contribution in [3.8, 4) is 11.1 Å². The van der Waals surface area contributed by atoms with Crippen LogP contribution in [0.2, 0.25) is 0 Å². The molecule has 5 nitrogen and oxygen atoms in total. The van der Waals surface area contributed by atoms with Crippen molar-refractivity contribution in [2.75, 3.05) is 16.2 Å². The molecular weight excluding hydrogens is 367 g/mol. The Morgan fingerprint density at radius 1 is 0.926 bits per heavy atom. The molecule has 1 N–H and O–H groups in total. The zero-order chi connectivity index (χ0) is 19.0. The average molecular weight is 382 g/mol. The van der Waals surface area contributed by atoms with Gasteiger partial charge in [-0.2, -0.15) is 0 Å². The van der Waals surface area contributed by atoms with E-state index in [9.17, 15) is 17.6 Å². The number of fused-ring (bicyclic) bond motifs is 3. The highest BCUT2D eigenvalue weighted by Gasteiger charge is 2.35. The molecule has 0 unspecified atom stereocenters. The monoisotopic (exact) mass is 382 g/mol. The van der Waals surface area contributed by atoms with E-state index in [2.05, 4.69) is 5.32 Å². The van der Waals surface area contributed by atoms with Gasteiger partial charge in [0.25, 0.3) is 10.0 Å². The molecule has 136 valence electrons. The number of halogens is 1. The first-order valence-corrected chi connectivity index (χ1v) is 9.67. The van der Waals surface area contributed by atoms with Crippen LogP contribution in [0.25, 0.3) is 11.1 Å². The van der Waals surface area contributed by atoms with Crippen molar-refractivity contribution in [2.45, 2.75) is 4.90 Å². The molecule has 0 fully saturated rings. The maximum atomic E-state index is 13.3. The van der Waals surface area contributed by atoms with E-state index < -0.39 is 28.3 Å². The van der Waals surface area contributed by atoms with Crippen LogP contribution in [0.4, 0.5) is 15.8 Å². The Hall–Kier alpha value is -3.19. The molecule has 0 radical (unpaired) electrons. The van der Waals surface area contributed by atoms with Crippen LogP contribution >= 0.6 is 0 Å². The number of anilines is 2. The van der Waals surface area contributed by atoms with Gasteiger partial charge in [-0.25, -0.2) is 12.8 Å². The van der Waals surface area contributed by atoms with Gasteiger partial charge in [-0.05, 0) is 30.3 Å². The van der Waals surface area contributed by atoms with Gasteiger partial charge in [-0.3, -0.25) is 9.10 Å². The van der Waals surface area contributed by atoms with Crippen LogP contribution in [-0.2, 0) is 14.8 Å². The second-order valence-electron chi connectivity index (χ2n) is 6.08. The second-order valence-corrected chi connectivity index (χ2v) is 7.91. The number of para-hydroxylation sites is 1. The number of amides is 1. The zero-order valence-electron chi connectivity index (χ0n) is 14.1. The van der Waals surface area contributed by atoms with Crippen molar-refractivity contribution in [3.63, 3.8) is 0 Å². The van der Waals surface area contributed by atoms with Gasteiger partial charge in [0.2, 0.25) is 5.91 Å². The number of carbonyl (C=O) groups is 1. The zero-order valence-corrected chi connectivity index (χ0v) is 14.9. The Bertz CT molecular complexity index is 1150. The Kier molecular flexibility index (Phi) is 4.16. The molecule has 0 aliphatic carbocycles. The highest BCUT2D eigenvalue weighted by Crippen LogP contribution is 2.42. The molecule has 4 rings (SSSR count). The molecule has 0 aromatic heterocycles. The Labute approximate surface area is 156 Å². The summed E-state index contributed by atoms with van der Waals surface area (Å²) in [4.78, 5) is 12.6. The van der Waals surface area contributed by atoms with E-state index in [1.54, 1.807) is 30.3 Å². The van der Waals surface area contributed by atoms with Crippen molar-refractivity contribution in [3.05, 3.63) is 78.6 Å². The fourth-order valence-corrected chi connectivity index (χ4v) is 4.80. The Morgan fingerprint density at radius 3 is 2.41 bits per heavy atom. The molecule has 3 aromatic carbocycles. The van der Waals surface area contributed by atoms with Crippen LogP contribution in [0, 0.1) is 5.82 Å². The summed E-state index contributed by atoms with van der Waals surface area (Å²) in [7, 11) is -3.89. The average Bonchev–Trinajstić information content (AvgIpc) is 2.65. The van der Waals surface area contributed by atoms with Crippen molar-refractivity contribution >= 4 is 27.3 Å². The number of sulfonamides is 1. The van der Waals surface area contributed by atoms with Gasteiger partial charge in [-0.15, -0.1) is 0 Å². The maximum Gasteiger partial charge on any atom is 0.265 e. The number of carbonyl (C=O) groups excluding carboxylic acids is 1. The van der Waals surface area contributed by atoms with E-state index in [1.807, 2.05) is 12.1 Å². The Morgan fingerprint density at radius 2 is 1.63 bits per heavy atom. The van der Waals surface area contributed by atoms with Crippen LogP contribution in [-0.4, -0.2) is 20.9 Å². The number of hydrogen-bond acceptors (Lipinski definition) is 3. The van der Waals surface area contributed by atoms with Gasteiger partial charge in [-0.1, -0.05) is 42.5 Å². The lowest BCUT2D eigenvalue weighted by molar-refractivity contribution is -0.114. The summed E-state index contributed by atoms with van der Waals surface area (Å²) in [5, 5.41) is 2.54. The van der Waals surface area contributed by atoms with Crippen LogP contribution < -0.4 is 9.62 Å². The predicted octanol–water partition coefficient (Wildman–Crippen LogP) is 3.64. The standard InChI is InChI=1S/C20H15FN2O3S/c21-14-6-5-7-15(12-14)22-20(24)13-23-18-10-3-1-8-16(18)17-9-2-4-11-19(17)27(23,25)26/h1-12H,13H2,(H,22,24). The van der Waals surface area contributed by atoms with Crippen LogP contribution in [0.5, 0.6) is 0 Å². The fourth-order valence-electron chi connectivity index (χ4n) is 3.15. The maximum absolute atomic E-state index is 13.3. The molecular formula is C20H15FN2O3S. The first kappa shape index (κ1) is 17.2. The van der Waals surface area contributed by atoms with E-state index in [0.717, 1.165) is 9.87 Å². The molecule has 1 amide bonds. The van der Waals surface area contributed by atoms with Crippen molar-refractivity contribution < 1.29 is 17.6 Å². The highest BCUT2D eigenvalue weighted by atomic mass is 32.2. The van der Waals surface area contributed by atoms with E-state index in [0.29, 0.717) is 11.3 Å². The minimum Gasteiger partial charge on any atom is -0.324 e. The molecule has 0 saturated carbocycles. The van der Waals surface area contributed by atoms with Crippen LogP contribution in [0.3, 0.4) is 0 Å². The van der Waals surface area contributed by atoms with E-state index in [4.69, 9.17) is 0 Å². The molecule has 7 heteroatoms. The minimum absolute atomic E-state index is 0.155.